The van der Waals surface area contributed by atoms with E-state index in [1.165, 1.54) is 29.5 Å². The van der Waals surface area contributed by atoms with Gasteiger partial charge in [0.15, 0.2) is 5.13 Å². The molecule has 168 valence electrons. The zero-order valence-electron chi connectivity index (χ0n) is 17.8. The van der Waals surface area contributed by atoms with E-state index in [0.717, 1.165) is 16.0 Å². The van der Waals surface area contributed by atoms with Gasteiger partial charge >= 0.3 is 0 Å². The number of nitrogens with zero attached hydrogens (tertiary/aromatic N) is 5. The van der Waals surface area contributed by atoms with Crippen LogP contribution >= 0.6 is 11.3 Å². The molecule has 0 bridgehead atoms. The smallest absolute Gasteiger partial charge is 0.270 e. The first-order valence-corrected chi connectivity index (χ1v) is 11.0. The lowest BCUT2D eigenvalue weighted by Gasteiger charge is -2.18. The lowest BCUT2D eigenvalue weighted by molar-refractivity contribution is -0.384. The summed E-state index contributed by atoms with van der Waals surface area (Å²) in [5.41, 5.74) is 1.33. The lowest BCUT2D eigenvalue weighted by Crippen LogP contribution is -2.30. The minimum absolute atomic E-state index is 0.0260. The lowest BCUT2D eigenvalue weighted by atomic mass is 10.2. The van der Waals surface area contributed by atoms with E-state index in [0.29, 0.717) is 30.2 Å². The van der Waals surface area contributed by atoms with Crippen molar-refractivity contribution in [2.24, 2.45) is 0 Å². The summed E-state index contributed by atoms with van der Waals surface area (Å²) in [6.45, 7) is 1.16. The van der Waals surface area contributed by atoms with Gasteiger partial charge < -0.3 is 9.30 Å². The standard InChI is InChI=1S/C23H21N5O4S/c1-32-19-7-8-20-21(15-19)33-23(25-20)27(12-3-11-26-13-10-24-16-26)22(29)9-6-17-4-2-5-18(14-17)28(30)31/h2,4-10,13-16H,3,11-12H2,1H3/b9-6+. The third-order valence-corrected chi connectivity index (χ3v) is 5.98. The van der Waals surface area contributed by atoms with Crippen LogP contribution in [0.4, 0.5) is 10.8 Å². The molecule has 9 nitrogen and oxygen atoms in total. The van der Waals surface area contributed by atoms with Crippen molar-refractivity contribution >= 4 is 44.4 Å². The van der Waals surface area contributed by atoms with Crippen molar-refractivity contribution in [3.63, 3.8) is 0 Å². The van der Waals surface area contributed by atoms with E-state index in [1.807, 2.05) is 29.0 Å². The number of methoxy groups -OCH3 is 1. The number of amides is 1. The largest absolute Gasteiger partial charge is 0.497 e. The highest BCUT2D eigenvalue weighted by Crippen LogP contribution is 2.32. The van der Waals surface area contributed by atoms with E-state index in [1.54, 1.807) is 42.7 Å². The summed E-state index contributed by atoms with van der Waals surface area (Å²) >= 11 is 1.41. The average molecular weight is 464 g/mol. The number of carbonyl (C=O) groups is 1. The Morgan fingerprint density at radius 1 is 1.30 bits per heavy atom. The van der Waals surface area contributed by atoms with Crippen LogP contribution in [0.15, 0.2) is 67.3 Å². The molecule has 0 unspecified atom stereocenters. The fourth-order valence-electron chi connectivity index (χ4n) is 3.27. The molecule has 2 heterocycles. The maximum Gasteiger partial charge on any atom is 0.270 e. The zero-order chi connectivity index (χ0) is 23.2. The molecule has 0 fully saturated rings. The molecule has 0 radical (unpaired) electrons. The number of hydrogen-bond acceptors (Lipinski definition) is 7. The van der Waals surface area contributed by atoms with Crippen LogP contribution < -0.4 is 9.64 Å². The number of non-ortho nitro benzene ring substituents is 1. The number of aromatic nitrogens is 3. The summed E-state index contributed by atoms with van der Waals surface area (Å²) < 4.78 is 8.16. The zero-order valence-corrected chi connectivity index (χ0v) is 18.6. The Morgan fingerprint density at radius 3 is 2.94 bits per heavy atom. The van der Waals surface area contributed by atoms with Crippen molar-refractivity contribution < 1.29 is 14.5 Å². The molecular formula is C23H21N5O4S. The van der Waals surface area contributed by atoms with Gasteiger partial charge in [-0.05, 0) is 36.3 Å². The van der Waals surface area contributed by atoms with Crippen molar-refractivity contribution in [3.05, 3.63) is 82.9 Å². The van der Waals surface area contributed by atoms with Crippen LogP contribution in [0.2, 0.25) is 0 Å². The summed E-state index contributed by atoms with van der Waals surface area (Å²) in [7, 11) is 1.60. The Balaban J connectivity index is 1.58. The summed E-state index contributed by atoms with van der Waals surface area (Å²) in [5, 5.41) is 11.6. The predicted molar refractivity (Wildman–Crippen MR) is 127 cm³/mol. The van der Waals surface area contributed by atoms with Gasteiger partial charge in [0.2, 0.25) is 0 Å². The van der Waals surface area contributed by atoms with Gasteiger partial charge in [-0.2, -0.15) is 0 Å². The van der Waals surface area contributed by atoms with Gasteiger partial charge in [-0.1, -0.05) is 23.5 Å². The molecule has 10 heteroatoms. The van der Waals surface area contributed by atoms with Crippen LogP contribution in [0.25, 0.3) is 16.3 Å². The predicted octanol–water partition coefficient (Wildman–Crippen LogP) is 4.55. The molecule has 0 aliphatic carbocycles. The molecule has 33 heavy (non-hydrogen) atoms. The molecule has 0 N–H and O–H groups in total. The normalized spacial score (nSPS) is 11.2. The van der Waals surface area contributed by atoms with Gasteiger partial charge in [0.1, 0.15) is 5.75 Å². The molecule has 4 rings (SSSR count). The van der Waals surface area contributed by atoms with Crippen molar-refractivity contribution in [3.8, 4) is 5.75 Å². The molecule has 0 saturated carbocycles. The summed E-state index contributed by atoms with van der Waals surface area (Å²) in [5.74, 6) is 0.472. The summed E-state index contributed by atoms with van der Waals surface area (Å²) in [4.78, 5) is 34.0. The number of imidazole rings is 1. The number of hydrogen-bond donors (Lipinski definition) is 0. The molecule has 0 aliphatic rings. The minimum atomic E-state index is -0.461. The van der Waals surface area contributed by atoms with Crippen LogP contribution in [0.3, 0.4) is 0 Å². The second-order valence-corrected chi connectivity index (χ2v) is 8.17. The van der Waals surface area contributed by atoms with Crippen molar-refractivity contribution in [2.75, 3.05) is 18.6 Å². The molecule has 0 saturated heterocycles. The number of carbonyl (C=O) groups excluding carboxylic acids is 1. The Labute approximate surface area is 193 Å². The van der Waals surface area contributed by atoms with Crippen molar-refractivity contribution in [1.29, 1.82) is 0 Å². The van der Waals surface area contributed by atoms with Gasteiger partial charge in [0.25, 0.3) is 11.6 Å². The first-order chi connectivity index (χ1) is 16.0. The molecule has 2 aromatic carbocycles. The second-order valence-electron chi connectivity index (χ2n) is 7.16. The van der Waals surface area contributed by atoms with E-state index in [9.17, 15) is 14.9 Å². The highest BCUT2D eigenvalue weighted by atomic mass is 32.1. The van der Waals surface area contributed by atoms with Gasteiger partial charge in [0.05, 0.1) is 28.6 Å². The van der Waals surface area contributed by atoms with Crippen LogP contribution in [0.1, 0.15) is 12.0 Å². The monoisotopic (exact) mass is 463 g/mol. The SMILES string of the molecule is COc1ccc2nc(N(CCCn3ccnc3)C(=O)/C=C/c3cccc([N+](=O)[O-])c3)sc2c1. The highest BCUT2D eigenvalue weighted by molar-refractivity contribution is 7.22. The third kappa shape index (κ3) is 5.42. The van der Waals surface area contributed by atoms with Gasteiger partial charge in [-0.3, -0.25) is 19.8 Å². The van der Waals surface area contributed by atoms with Gasteiger partial charge in [-0.15, -0.1) is 0 Å². The minimum Gasteiger partial charge on any atom is -0.497 e. The number of nitro groups is 1. The van der Waals surface area contributed by atoms with Crippen molar-refractivity contribution in [2.45, 2.75) is 13.0 Å². The molecule has 1 amide bonds. The maximum absolute atomic E-state index is 13.2. The van der Waals surface area contributed by atoms with E-state index >= 15 is 0 Å². The molecule has 0 aliphatic heterocycles. The van der Waals surface area contributed by atoms with Crippen LogP contribution in [0, 0.1) is 10.1 Å². The second kappa shape index (κ2) is 10.0. The average Bonchev–Trinajstić information content (AvgIpc) is 3.49. The number of aryl methyl sites for hydroxylation is 1. The number of anilines is 1. The van der Waals surface area contributed by atoms with Crippen LogP contribution in [0.5, 0.6) is 5.75 Å². The van der Waals surface area contributed by atoms with E-state index in [4.69, 9.17) is 4.74 Å². The van der Waals surface area contributed by atoms with E-state index < -0.39 is 4.92 Å². The maximum atomic E-state index is 13.2. The first-order valence-electron chi connectivity index (χ1n) is 10.2. The topological polar surface area (TPSA) is 103 Å². The number of fused-ring (bicyclic) bond motifs is 1. The Hall–Kier alpha value is -4.05. The number of nitro benzene ring substituents is 1. The molecule has 0 atom stereocenters. The molecular weight excluding hydrogens is 442 g/mol. The van der Waals surface area contributed by atoms with Gasteiger partial charge in [0, 0.05) is 43.7 Å². The summed E-state index contributed by atoms with van der Waals surface area (Å²) in [6, 6.07) is 11.7. The molecule has 2 aromatic heterocycles. The third-order valence-electron chi connectivity index (χ3n) is 4.94. The fourth-order valence-corrected chi connectivity index (χ4v) is 4.29. The number of rotatable bonds is 9. The Bertz CT molecular complexity index is 1300. The quantitative estimate of drug-likeness (QED) is 0.205. The number of benzene rings is 2. The number of ether oxygens (including phenoxy) is 1. The Kier molecular flexibility index (Phi) is 6.75. The van der Waals surface area contributed by atoms with E-state index in [-0.39, 0.29) is 11.6 Å². The van der Waals surface area contributed by atoms with Crippen LogP contribution in [-0.2, 0) is 11.3 Å². The number of thiazole rings is 1. The molecule has 0 spiro atoms. The van der Waals surface area contributed by atoms with Crippen LogP contribution in [-0.4, -0.2) is 39.0 Å². The van der Waals surface area contributed by atoms with Gasteiger partial charge in [-0.25, -0.2) is 9.97 Å². The first kappa shape index (κ1) is 22.2. The Morgan fingerprint density at radius 2 is 2.18 bits per heavy atom. The molecule has 4 aromatic rings. The highest BCUT2D eigenvalue weighted by Gasteiger charge is 2.18. The van der Waals surface area contributed by atoms with Crippen molar-refractivity contribution in [1.82, 2.24) is 14.5 Å². The summed E-state index contributed by atoms with van der Waals surface area (Å²) in [6.07, 6.45) is 9.02. The fraction of sp³-hybridized carbons (Fsp3) is 0.174. The van der Waals surface area contributed by atoms with E-state index in [2.05, 4.69) is 9.97 Å².